The third-order valence-electron chi connectivity index (χ3n) is 3.26. The molecule has 0 spiro atoms. The summed E-state index contributed by atoms with van der Waals surface area (Å²) in [5.74, 6) is -0.980. The summed E-state index contributed by atoms with van der Waals surface area (Å²) in [5, 5.41) is 0. The molecule has 0 aliphatic carbocycles. The number of rotatable bonds is 2. The zero-order valence-corrected chi connectivity index (χ0v) is 11.1. The van der Waals surface area contributed by atoms with Gasteiger partial charge in [-0.05, 0) is 31.5 Å². The van der Waals surface area contributed by atoms with E-state index < -0.39 is 23.6 Å². The Kier molecular flexibility index (Phi) is 3.62. The van der Waals surface area contributed by atoms with Gasteiger partial charge in [0, 0.05) is 6.04 Å². The standard InChI is InChI=1S/C13H15F4N3/c1-7(2)20-11(6-19-12(20)18)8-3-4-10(14)9(5-8)13(15,16)17/h3-5,7,11H,6H2,1-2H3,(H2,18,19). The molecular formula is C13H15F4N3. The fourth-order valence-electron chi connectivity index (χ4n) is 2.37. The lowest BCUT2D eigenvalue weighted by Gasteiger charge is -2.30. The van der Waals surface area contributed by atoms with E-state index in [1.165, 1.54) is 6.07 Å². The molecule has 1 aromatic rings. The summed E-state index contributed by atoms with van der Waals surface area (Å²) in [4.78, 5) is 5.79. The van der Waals surface area contributed by atoms with Crippen LogP contribution in [0.3, 0.4) is 0 Å². The largest absolute Gasteiger partial charge is 0.419 e. The predicted octanol–water partition coefficient (Wildman–Crippen LogP) is 2.92. The van der Waals surface area contributed by atoms with Gasteiger partial charge in [0.15, 0.2) is 5.96 Å². The van der Waals surface area contributed by atoms with E-state index in [1.807, 2.05) is 13.8 Å². The van der Waals surface area contributed by atoms with Gasteiger partial charge in [0.05, 0.1) is 18.2 Å². The van der Waals surface area contributed by atoms with Crippen molar-refractivity contribution in [1.82, 2.24) is 4.90 Å². The third-order valence-corrected chi connectivity index (χ3v) is 3.26. The number of hydrogen-bond donors (Lipinski definition) is 1. The molecule has 3 nitrogen and oxygen atoms in total. The summed E-state index contributed by atoms with van der Waals surface area (Å²) >= 11 is 0. The lowest BCUT2D eigenvalue weighted by molar-refractivity contribution is -0.140. The minimum atomic E-state index is -4.71. The second kappa shape index (κ2) is 4.96. The molecule has 1 aliphatic rings. The smallest absolute Gasteiger partial charge is 0.370 e. The number of nitrogens with two attached hydrogens (primary N) is 1. The Labute approximate surface area is 114 Å². The summed E-state index contributed by atoms with van der Waals surface area (Å²) in [5.41, 5.74) is 4.84. The number of alkyl halides is 3. The maximum Gasteiger partial charge on any atom is 0.419 e. The highest BCUT2D eigenvalue weighted by molar-refractivity contribution is 5.80. The third kappa shape index (κ3) is 2.57. The number of nitrogens with zero attached hydrogens (tertiary/aromatic N) is 2. The summed E-state index contributed by atoms with van der Waals surface area (Å²) in [6, 6.07) is 2.62. The Morgan fingerprint density at radius 1 is 1.35 bits per heavy atom. The van der Waals surface area contributed by atoms with Gasteiger partial charge in [0.2, 0.25) is 0 Å². The molecule has 1 unspecified atom stereocenters. The minimum Gasteiger partial charge on any atom is -0.370 e. The van der Waals surface area contributed by atoms with Crippen molar-refractivity contribution in [2.45, 2.75) is 32.1 Å². The van der Waals surface area contributed by atoms with Gasteiger partial charge in [-0.3, -0.25) is 4.99 Å². The zero-order chi connectivity index (χ0) is 15.1. The zero-order valence-electron chi connectivity index (χ0n) is 11.1. The number of hydrogen-bond acceptors (Lipinski definition) is 3. The molecule has 2 N–H and O–H groups in total. The van der Waals surface area contributed by atoms with Crippen LogP contribution in [0.2, 0.25) is 0 Å². The molecule has 0 saturated heterocycles. The first kappa shape index (κ1) is 14.6. The van der Waals surface area contributed by atoms with E-state index in [2.05, 4.69) is 4.99 Å². The van der Waals surface area contributed by atoms with E-state index in [4.69, 9.17) is 5.73 Å². The Morgan fingerprint density at radius 2 is 2.00 bits per heavy atom. The van der Waals surface area contributed by atoms with Gasteiger partial charge in [-0.1, -0.05) is 6.07 Å². The van der Waals surface area contributed by atoms with E-state index in [9.17, 15) is 17.6 Å². The van der Waals surface area contributed by atoms with Crippen LogP contribution in [0.5, 0.6) is 0 Å². The van der Waals surface area contributed by atoms with Crippen LogP contribution in [0.15, 0.2) is 23.2 Å². The summed E-state index contributed by atoms with van der Waals surface area (Å²) in [6.07, 6.45) is -4.71. The molecule has 1 aromatic carbocycles. The molecule has 1 aliphatic heterocycles. The molecule has 0 bridgehead atoms. The molecule has 110 valence electrons. The highest BCUT2D eigenvalue weighted by Crippen LogP contribution is 2.35. The highest BCUT2D eigenvalue weighted by Gasteiger charge is 2.36. The molecule has 0 amide bonds. The molecule has 1 heterocycles. The van der Waals surface area contributed by atoms with E-state index in [-0.39, 0.29) is 12.6 Å². The van der Waals surface area contributed by atoms with Gasteiger partial charge in [0.1, 0.15) is 5.82 Å². The van der Waals surface area contributed by atoms with Gasteiger partial charge in [-0.25, -0.2) is 4.39 Å². The van der Waals surface area contributed by atoms with Crippen molar-refractivity contribution in [3.05, 3.63) is 35.1 Å². The number of benzene rings is 1. The van der Waals surface area contributed by atoms with Gasteiger partial charge < -0.3 is 10.6 Å². The molecule has 0 radical (unpaired) electrons. The second-order valence-electron chi connectivity index (χ2n) is 4.95. The van der Waals surface area contributed by atoms with Crippen molar-refractivity contribution in [2.75, 3.05) is 6.54 Å². The van der Waals surface area contributed by atoms with Crippen LogP contribution in [-0.4, -0.2) is 23.4 Å². The average molecular weight is 289 g/mol. The summed E-state index contributed by atoms with van der Waals surface area (Å²) < 4.78 is 51.5. The van der Waals surface area contributed by atoms with Crippen LogP contribution in [0.1, 0.15) is 31.0 Å². The number of guanidine groups is 1. The van der Waals surface area contributed by atoms with Crippen LogP contribution < -0.4 is 5.73 Å². The Balaban J connectivity index is 2.40. The monoisotopic (exact) mass is 289 g/mol. The molecule has 0 aromatic heterocycles. The Morgan fingerprint density at radius 3 is 2.55 bits per heavy atom. The second-order valence-corrected chi connectivity index (χ2v) is 4.95. The maximum atomic E-state index is 13.3. The Bertz CT molecular complexity index is 537. The Hall–Kier alpha value is -1.79. The molecule has 7 heteroatoms. The number of aliphatic imine (C=N–C) groups is 1. The summed E-state index contributed by atoms with van der Waals surface area (Å²) in [7, 11) is 0. The first-order valence-corrected chi connectivity index (χ1v) is 6.16. The lowest BCUT2D eigenvalue weighted by Crippen LogP contribution is -2.41. The molecule has 1 atom stereocenters. The van der Waals surface area contributed by atoms with Crippen molar-refractivity contribution in [2.24, 2.45) is 10.7 Å². The van der Waals surface area contributed by atoms with Crippen molar-refractivity contribution >= 4 is 5.96 Å². The van der Waals surface area contributed by atoms with Crippen LogP contribution in [-0.2, 0) is 6.18 Å². The van der Waals surface area contributed by atoms with Crippen LogP contribution in [0, 0.1) is 5.82 Å². The van der Waals surface area contributed by atoms with Crippen molar-refractivity contribution in [3.8, 4) is 0 Å². The molecule has 0 fully saturated rings. The first-order valence-electron chi connectivity index (χ1n) is 6.16. The normalized spacial score (nSPS) is 19.6. The van der Waals surface area contributed by atoms with E-state index >= 15 is 0 Å². The SMILES string of the molecule is CC(C)N1C(N)=NCC1c1ccc(F)c(C(F)(F)F)c1. The van der Waals surface area contributed by atoms with Gasteiger partial charge in [0.25, 0.3) is 0 Å². The number of halogens is 4. The fraction of sp³-hybridized carbons (Fsp3) is 0.462. The summed E-state index contributed by atoms with van der Waals surface area (Å²) in [6.45, 7) is 4.01. The molecule has 20 heavy (non-hydrogen) atoms. The van der Waals surface area contributed by atoms with Crippen molar-refractivity contribution in [3.63, 3.8) is 0 Å². The topological polar surface area (TPSA) is 41.6 Å². The van der Waals surface area contributed by atoms with Crippen LogP contribution in [0.25, 0.3) is 0 Å². The fourth-order valence-corrected chi connectivity index (χ4v) is 2.37. The van der Waals surface area contributed by atoms with Gasteiger partial charge in [-0.2, -0.15) is 13.2 Å². The maximum absolute atomic E-state index is 13.3. The predicted molar refractivity (Wildman–Crippen MR) is 67.6 cm³/mol. The lowest BCUT2D eigenvalue weighted by atomic mass is 10.0. The molecule has 0 saturated carbocycles. The van der Waals surface area contributed by atoms with E-state index in [0.29, 0.717) is 11.5 Å². The first-order chi connectivity index (χ1) is 9.21. The highest BCUT2D eigenvalue weighted by atomic mass is 19.4. The van der Waals surface area contributed by atoms with Gasteiger partial charge >= 0.3 is 6.18 Å². The quantitative estimate of drug-likeness (QED) is 0.851. The van der Waals surface area contributed by atoms with Gasteiger partial charge in [-0.15, -0.1) is 0 Å². The van der Waals surface area contributed by atoms with E-state index in [0.717, 1.165) is 12.1 Å². The van der Waals surface area contributed by atoms with Crippen LogP contribution in [0.4, 0.5) is 17.6 Å². The average Bonchev–Trinajstić information content (AvgIpc) is 2.70. The molecular weight excluding hydrogens is 274 g/mol. The minimum absolute atomic E-state index is 0.00867. The van der Waals surface area contributed by atoms with Crippen molar-refractivity contribution < 1.29 is 17.6 Å². The van der Waals surface area contributed by atoms with Crippen molar-refractivity contribution in [1.29, 1.82) is 0 Å². The molecule has 2 rings (SSSR count). The van der Waals surface area contributed by atoms with Crippen LogP contribution >= 0.6 is 0 Å². The van der Waals surface area contributed by atoms with E-state index in [1.54, 1.807) is 4.90 Å².